The molecule has 2 N–H and O–H groups in total. The van der Waals surface area contributed by atoms with Crippen molar-refractivity contribution < 1.29 is 24.6 Å². The molecule has 1 aliphatic carbocycles. The van der Waals surface area contributed by atoms with Crippen LogP contribution in [-0.4, -0.2) is 63.5 Å². The number of piperidine rings is 1. The first-order valence-corrected chi connectivity index (χ1v) is 9.92. The Morgan fingerprint density at radius 1 is 1.14 bits per heavy atom. The lowest BCUT2D eigenvalue weighted by Crippen LogP contribution is -2.45. The Kier molecular flexibility index (Phi) is 4.56. The van der Waals surface area contributed by atoms with E-state index >= 15 is 0 Å². The third-order valence-corrected chi connectivity index (χ3v) is 6.56. The summed E-state index contributed by atoms with van der Waals surface area (Å²) in [5.74, 6) is -0.834. The Bertz CT molecular complexity index is 824. The highest BCUT2D eigenvalue weighted by Gasteiger charge is 2.52. The van der Waals surface area contributed by atoms with Gasteiger partial charge in [0.2, 0.25) is 5.91 Å². The second-order valence-corrected chi connectivity index (χ2v) is 8.59. The van der Waals surface area contributed by atoms with Gasteiger partial charge in [0.25, 0.3) is 5.91 Å². The number of phenols is 1. The van der Waals surface area contributed by atoms with E-state index in [-0.39, 0.29) is 28.9 Å². The van der Waals surface area contributed by atoms with Gasteiger partial charge in [0.05, 0.1) is 0 Å². The van der Waals surface area contributed by atoms with E-state index < -0.39 is 12.0 Å². The van der Waals surface area contributed by atoms with Crippen molar-refractivity contribution in [2.45, 2.75) is 45.1 Å². The monoisotopic (exact) mass is 386 g/mol. The molecule has 3 aliphatic rings. The number of carbonyl (C=O) groups excluding carboxylic acids is 2. The average molecular weight is 386 g/mol. The molecule has 1 saturated carbocycles. The Hall–Kier alpha value is -2.57. The van der Waals surface area contributed by atoms with E-state index in [0.29, 0.717) is 50.0 Å². The zero-order valence-corrected chi connectivity index (χ0v) is 16.1. The summed E-state index contributed by atoms with van der Waals surface area (Å²) in [7, 11) is 0. The molecule has 4 rings (SSSR count). The lowest BCUT2D eigenvalue weighted by Gasteiger charge is -2.39. The largest absolute Gasteiger partial charge is 0.508 e. The number of nitrogens with zero attached hydrogens (tertiary/aromatic N) is 2. The standard InChI is InChI=1S/C21H26N2O5/c1-13-10-15(4-5-17(13)24)18(25)22-8-6-21(7-9-22)11-16(20(27)28)23(12-21)19(26)14-2-3-14/h4-5,10,14,16,24H,2-3,6-9,11-12H2,1H3,(H,27,28)/t16-/m1/s1. The third kappa shape index (κ3) is 3.34. The highest BCUT2D eigenvalue weighted by atomic mass is 16.4. The quantitative estimate of drug-likeness (QED) is 0.828. The molecule has 1 aromatic rings. The summed E-state index contributed by atoms with van der Waals surface area (Å²) in [5, 5.41) is 19.3. The molecular weight excluding hydrogens is 360 g/mol. The van der Waals surface area contributed by atoms with Gasteiger partial charge in [-0.25, -0.2) is 4.79 Å². The zero-order valence-electron chi connectivity index (χ0n) is 16.1. The summed E-state index contributed by atoms with van der Waals surface area (Å²) in [4.78, 5) is 40.4. The number of benzene rings is 1. The van der Waals surface area contributed by atoms with Crippen molar-refractivity contribution >= 4 is 17.8 Å². The van der Waals surface area contributed by atoms with Crippen LogP contribution in [-0.2, 0) is 9.59 Å². The number of hydrogen-bond donors (Lipinski definition) is 2. The summed E-state index contributed by atoms with van der Waals surface area (Å²) < 4.78 is 0. The van der Waals surface area contributed by atoms with Crippen LogP contribution in [0.4, 0.5) is 0 Å². The second kappa shape index (κ2) is 6.79. The van der Waals surface area contributed by atoms with E-state index in [0.717, 1.165) is 12.8 Å². The molecule has 0 unspecified atom stereocenters. The first kappa shape index (κ1) is 18.8. The minimum absolute atomic E-state index is 0.0106. The molecule has 2 heterocycles. The van der Waals surface area contributed by atoms with Gasteiger partial charge in [-0.05, 0) is 68.2 Å². The van der Waals surface area contributed by atoms with Gasteiger partial charge >= 0.3 is 5.97 Å². The van der Waals surface area contributed by atoms with Crippen molar-refractivity contribution in [1.29, 1.82) is 0 Å². The van der Waals surface area contributed by atoms with Crippen LogP contribution in [0.2, 0.25) is 0 Å². The number of rotatable bonds is 3. The van der Waals surface area contributed by atoms with E-state index in [1.165, 1.54) is 6.07 Å². The van der Waals surface area contributed by atoms with Crippen molar-refractivity contribution in [2.75, 3.05) is 19.6 Å². The van der Waals surface area contributed by atoms with Gasteiger partial charge in [0.1, 0.15) is 11.8 Å². The molecule has 0 radical (unpaired) electrons. The average Bonchev–Trinajstić information content (AvgIpc) is 3.46. The number of phenolic OH excluding ortho intramolecular Hbond substituents is 1. The van der Waals surface area contributed by atoms with Crippen LogP contribution in [0, 0.1) is 18.3 Å². The number of carbonyl (C=O) groups is 3. The summed E-state index contributed by atoms with van der Waals surface area (Å²) in [5.41, 5.74) is 0.996. The molecule has 7 heteroatoms. The smallest absolute Gasteiger partial charge is 0.326 e. The van der Waals surface area contributed by atoms with Crippen LogP contribution < -0.4 is 0 Å². The van der Waals surface area contributed by atoms with Crippen LogP contribution >= 0.6 is 0 Å². The summed E-state index contributed by atoms with van der Waals surface area (Å²) >= 11 is 0. The van der Waals surface area contributed by atoms with Crippen molar-refractivity contribution in [1.82, 2.24) is 9.80 Å². The van der Waals surface area contributed by atoms with Gasteiger partial charge in [-0.15, -0.1) is 0 Å². The van der Waals surface area contributed by atoms with Gasteiger partial charge in [-0.2, -0.15) is 0 Å². The zero-order chi connectivity index (χ0) is 20.1. The fraction of sp³-hybridized carbons (Fsp3) is 0.571. The minimum Gasteiger partial charge on any atom is -0.508 e. The summed E-state index contributed by atoms with van der Waals surface area (Å²) in [6, 6.07) is 4.11. The predicted molar refractivity (Wildman–Crippen MR) is 101 cm³/mol. The first-order valence-electron chi connectivity index (χ1n) is 9.92. The van der Waals surface area contributed by atoms with E-state index in [9.17, 15) is 24.6 Å². The Labute approximate surface area is 163 Å². The SMILES string of the molecule is Cc1cc(C(=O)N2CCC3(CC2)C[C@H](C(=O)O)N(C(=O)C2CC2)C3)ccc1O. The van der Waals surface area contributed by atoms with Crippen LogP contribution in [0.1, 0.15) is 48.0 Å². The first-order chi connectivity index (χ1) is 13.3. The molecule has 2 amide bonds. The van der Waals surface area contributed by atoms with Crippen LogP contribution in [0.5, 0.6) is 5.75 Å². The molecule has 28 heavy (non-hydrogen) atoms. The van der Waals surface area contributed by atoms with Crippen LogP contribution in [0.25, 0.3) is 0 Å². The van der Waals surface area contributed by atoms with E-state index in [2.05, 4.69) is 0 Å². The van der Waals surface area contributed by atoms with Crippen molar-refractivity contribution in [3.05, 3.63) is 29.3 Å². The fourth-order valence-electron chi connectivity index (χ4n) is 4.59. The van der Waals surface area contributed by atoms with E-state index in [1.807, 2.05) is 0 Å². The molecule has 1 atom stereocenters. The predicted octanol–water partition coefficient (Wildman–Crippen LogP) is 2.02. The molecule has 3 fully saturated rings. The van der Waals surface area contributed by atoms with E-state index in [1.54, 1.807) is 28.9 Å². The molecule has 0 bridgehead atoms. The number of carboxylic acids is 1. The highest BCUT2D eigenvalue weighted by molar-refractivity contribution is 5.94. The maximum absolute atomic E-state index is 12.8. The Balaban J connectivity index is 1.44. The van der Waals surface area contributed by atoms with Crippen molar-refractivity contribution in [3.8, 4) is 5.75 Å². The molecule has 0 aromatic heterocycles. The fourth-order valence-corrected chi connectivity index (χ4v) is 4.59. The molecule has 1 aromatic carbocycles. The van der Waals surface area contributed by atoms with Crippen molar-refractivity contribution in [3.63, 3.8) is 0 Å². The Morgan fingerprint density at radius 3 is 2.39 bits per heavy atom. The van der Waals surface area contributed by atoms with Gasteiger partial charge in [0, 0.05) is 31.1 Å². The number of likely N-dealkylation sites (tertiary alicyclic amines) is 2. The molecule has 2 aliphatic heterocycles. The van der Waals surface area contributed by atoms with E-state index in [4.69, 9.17) is 0 Å². The number of aliphatic carboxylic acids is 1. The van der Waals surface area contributed by atoms with Gasteiger partial charge < -0.3 is 20.0 Å². The maximum atomic E-state index is 12.8. The van der Waals surface area contributed by atoms with Gasteiger partial charge in [-0.3, -0.25) is 9.59 Å². The topological polar surface area (TPSA) is 98.2 Å². The highest BCUT2D eigenvalue weighted by Crippen LogP contribution is 2.45. The van der Waals surface area contributed by atoms with Crippen LogP contribution in [0.3, 0.4) is 0 Å². The number of hydrogen-bond acceptors (Lipinski definition) is 4. The van der Waals surface area contributed by atoms with Crippen LogP contribution in [0.15, 0.2) is 18.2 Å². The van der Waals surface area contributed by atoms with Gasteiger partial charge in [0.15, 0.2) is 0 Å². The molecule has 150 valence electrons. The molecule has 1 spiro atoms. The number of aryl methyl sites for hydroxylation is 1. The third-order valence-electron chi connectivity index (χ3n) is 6.56. The lowest BCUT2D eigenvalue weighted by atomic mass is 9.76. The lowest BCUT2D eigenvalue weighted by molar-refractivity contribution is -0.148. The van der Waals surface area contributed by atoms with Gasteiger partial charge in [-0.1, -0.05) is 0 Å². The number of aromatic hydroxyl groups is 1. The molecular formula is C21H26N2O5. The normalized spacial score (nSPS) is 23.8. The maximum Gasteiger partial charge on any atom is 0.326 e. The minimum atomic E-state index is -0.927. The van der Waals surface area contributed by atoms with Crippen molar-refractivity contribution in [2.24, 2.45) is 11.3 Å². The molecule has 7 nitrogen and oxygen atoms in total. The summed E-state index contributed by atoms with van der Waals surface area (Å²) in [6.07, 6.45) is 3.61. The molecule has 2 saturated heterocycles. The number of amides is 2. The Morgan fingerprint density at radius 2 is 1.82 bits per heavy atom. The number of carboxylic acid groups (broad SMARTS) is 1. The summed E-state index contributed by atoms with van der Waals surface area (Å²) in [6.45, 7) is 3.35. The second-order valence-electron chi connectivity index (χ2n) is 8.59.